The highest BCUT2D eigenvalue weighted by Gasteiger charge is 2.17. The van der Waals surface area contributed by atoms with Crippen LogP contribution in [0, 0.1) is 20.8 Å². The Bertz CT molecular complexity index is 747. The lowest BCUT2D eigenvalue weighted by Gasteiger charge is -2.14. The highest BCUT2D eigenvalue weighted by atomic mass is 31.1. The van der Waals surface area contributed by atoms with Crippen molar-refractivity contribution in [1.29, 1.82) is 0 Å². The summed E-state index contributed by atoms with van der Waals surface area (Å²) in [5.41, 5.74) is 7.21. The fourth-order valence-electron chi connectivity index (χ4n) is 3.18. The molecular formula is C22H29OP. The molecule has 0 aromatic heterocycles. The second-order valence-electron chi connectivity index (χ2n) is 7.39. The van der Waals surface area contributed by atoms with Crippen LogP contribution in [-0.2, 0) is 0 Å². The van der Waals surface area contributed by atoms with Crippen LogP contribution in [-0.4, -0.2) is 5.80 Å². The maximum Gasteiger partial charge on any atom is 0.148 e. The summed E-state index contributed by atoms with van der Waals surface area (Å²) >= 11 is 0. The van der Waals surface area contributed by atoms with Gasteiger partial charge in [0.25, 0.3) is 0 Å². The Morgan fingerprint density at radius 1 is 0.875 bits per heavy atom. The molecule has 0 bridgehead atoms. The third-order valence-electron chi connectivity index (χ3n) is 4.56. The van der Waals surface area contributed by atoms with Crippen molar-refractivity contribution >= 4 is 18.9 Å². The highest BCUT2D eigenvalue weighted by molar-refractivity contribution is 7.58. The first-order valence-corrected chi connectivity index (χ1v) is 10.1. The van der Waals surface area contributed by atoms with E-state index in [0.29, 0.717) is 11.8 Å². The molecule has 0 aliphatic carbocycles. The van der Waals surface area contributed by atoms with Crippen molar-refractivity contribution in [2.24, 2.45) is 0 Å². The highest BCUT2D eigenvalue weighted by Crippen LogP contribution is 2.26. The van der Waals surface area contributed by atoms with Gasteiger partial charge in [-0.25, -0.2) is 0 Å². The Kier molecular flexibility index (Phi) is 6.01. The van der Waals surface area contributed by atoms with E-state index in [4.69, 9.17) is 0 Å². The van der Waals surface area contributed by atoms with Crippen molar-refractivity contribution in [3.8, 4) is 0 Å². The van der Waals surface area contributed by atoms with Crippen LogP contribution in [0.2, 0.25) is 0 Å². The molecule has 2 rings (SSSR count). The van der Waals surface area contributed by atoms with Gasteiger partial charge in [0.15, 0.2) is 0 Å². The first-order valence-electron chi connectivity index (χ1n) is 8.73. The average molecular weight is 340 g/mol. The molecule has 1 unspecified atom stereocenters. The minimum Gasteiger partial charge on any atom is -0.626 e. The van der Waals surface area contributed by atoms with Gasteiger partial charge >= 0.3 is 0 Å². The minimum absolute atomic E-state index is 0.369. The lowest BCUT2D eigenvalue weighted by atomic mass is 9.97. The molecule has 1 nitrogen and oxygen atoms in total. The summed E-state index contributed by atoms with van der Waals surface area (Å²) in [6.07, 6.45) is 0. The van der Waals surface area contributed by atoms with E-state index in [1.165, 1.54) is 27.8 Å². The number of hydrogen-bond acceptors (Lipinski definition) is 1. The maximum absolute atomic E-state index is 13.2. The molecule has 2 heteroatoms. The second kappa shape index (κ2) is 7.64. The molecule has 0 aliphatic heterocycles. The molecule has 2 aromatic carbocycles. The van der Waals surface area contributed by atoms with Gasteiger partial charge in [0.05, 0.1) is 7.77 Å². The topological polar surface area (TPSA) is 23.1 Å². The van der Waals surface area contributed by atoms with E-state index in [1.807, 2.05) is 5.80 Å². The molecule has 24 heavy (non-hydrogen) atoms. The molecule has 0 saturated carbocycles. The standard InChI is InChI=1S/C22H29OP/c1-14(2)19-8-9-20(15(3)4)22(12-19)24(23)13-21-17(6)10-16(5)11-18(21)7/h8-15H,1-7H3. The number of hydrogen-bond donors (Lipinski definition) is 0. The van der Waals surface area contributed by atoms with Crippen molar-refractivity contribution in [3.63, 3.8) is 0 Å². The minimum atomic E-state index is -1.56. The fraction of sp³-hybridized carbons (Fsp3) is 0.409. The van der Waals surface area contributed by atoms with Crippen LogP contribution in [0.5, 0.6) is 0 Å². The van der Waals surface area contributed by atoms with E-state index in [-0.39, 0.29) is 0 Å². The zero-order valence-electron chi connectivity index (χ0n) is 16.0. The van der Waals surface area contributed by atoms with Gasteiger partial charge in [0, 0.05) is 11.1 Å². The van der Waals surface area contributed by atoms with Crippen molar-refractivity contribution in [2.75, 3.05) is 0 Å². The van der Waals surface area contributed by atoms with Crippen LogP contribution in [0.15, 0.2) is 30.3 Å². The third-order valence-corrected chi connectivity index (χ3v) is 5.92. The van der Waals surface area contributed by atoms with Crippen LogP contribution in [0.4, 0.5) is 0 Å². The summed E-state index contributed by atoms with van der Waals surface area (Å²) < 4.78 is 0. The molecule has 0 N–H and O–H groups in total. The van der Waals surface area contributed by atoms with Gasteiger partial charge in [-0.15, -0.1) is 0 Å². The van der Waals surface area contributed by atoms with E-state index in [2.05, 4.69) is 78.8 Å². The lowest BCUT2D eigenvalue weighted by molar-refractivity contribution is -0.149. The molecule has 1 atom stereocenters. The summed E-state index contributed by atoms with van der Waals surface area (Å²) in [5, 5.41) is 0.991. The normalized spacial score (nSPS) is 12.3. The van der Waals surface area contributed by atoms with Crippen LogP contribution >= 0.6 is 7.77 Å². The maximum atomic E-state index is 13.2. The molecule has 2 aromatic rings. The van der Waals surface area contributed by atoms with Crippen molar-refractivity contribution in [3.05, 3.63) is 63.7 Å². The summed E-state index contributed by atoms with van der Waals surface area (Å²) in [7, 11) is -1.56. The van der Waals surface area contributed by atoms with Crippen LogP contribution in [0.1, 0.15) is 72.9 Å². The molecule has 0 saturated heterocycles. The van der Waals surface area contributed by atoms with Crippen LogP contribution in [0.3, 0.4) is 0 Å². The van der Waals surface area contributed by atoms with Gasteiger partial charge in [0.2, 0.25) is 0 Å². The number of rotatable bonds is 4. The molecule has 0 fully saturated rings. The molecule has 0 amide bonds. The predicted molar refractivity (Wildman–Crippen MR) is 107 cm³/mol. The van der Waals surface area contributed by atoms with E-state index < -0.39 is 7.77 Å². The molecular weight excluding hydrogens is 311 g/mol. The van der Waals surface area contributed by atoms with Gasteiger partial charge in [-0.2, -0.15) is 0 Å². The van der Waals surface area contributed by atoms with Crippen LogP contribution in [0.25, 0.3) is 0 Å². The largest absolute Gasteiger partial charge is 0.626 e. The third kappa shape index (κ3) is 4.15. The Morgan fingerprint density at radius 2 is 1.46 bits per heavy atom. The molecule has 0 spiro atoms. The number of benzene rings is 2. The van der Waals surface area contributed by atoms with Gasteiger partial charge in [-0.1, -0.05) is 57.5 Å². The Morgan fingerprint density at radius 3 is 1.96 bits per heavy atom. The van der Waals surface area contributed by atoms with Crippen LogP contribution < -0.4 is 10.2 Å². The first kappa shape index (κ1) is 18.9. The van der Waals surface area contributed by atoms with E-state index in [1.54, 1.807) is 0 Å². The molecule has 0 heterocycles. The molecule has 0 radical (unpaired) electrons. The smallest absolute Gasteiger partial charge is 0.148 e. The Hall–Kier alpha value is -1.43. The van der Waals surface area contributed by atoms with Crippen molar-refractivity contribution in [1.82, 2.24) is 0 Å². The average Bonchev–Trinajstić information content (AvgIpc) is 2.49. The van der Waals surface area contributed by atoms with Gasteiger partial charge in [-0.3, -0.25) is 0 Å². The van der Waals surface area contributed by atoms with E-state index in [0.717, 1.165) is 10.9 Å². The summed E-state index contributed by atoms with van der Waals surface area (Å²) in [6.45, 7) is 15.0. The summed E-state index contributed by atoms with van der Waals surface area (Å²) in [5.74, 6) is 2.77. The Balaban J connectivity index is 2.60. The molecule has 0 aliphatic rings. The van der Waals surface area contributed by atoms with Gasteiger partial charge in [0.1, 0.15) is 11.1 Å². The van der Waals surface area contributed by atoms with Gasteiger partial charge < -0.3 is 4.89 Å². The second-order valence-corrected chi connectivity index (χ2v) is 8.79. The lowest BCUT2D eigenvalue weighted by Crippen LogP contribution is -2.15. The molecule has 128 valence electrons. The zero-order chi connectivity index (χ0) is 18.0. The first-order chi connectivity index (χ1) is 11.2. The van der Waals surface area contributed by atoms with E-state index >= 15 is 0 Å². The fourth-order valence-corrected chi connectivity index (χ4v) is 4.82. The van der Waals surface area contributed by atoms with Gasteiger partial charge in [-0.05, 0) is 55.4 Å². The van der Waals surface area contributed by atoms with Crippen molar-refractivity contribution in [2.45, 2.75) is 60.3 Å². The van der Waals surface area contributed by atoms with Crippen molar-refractivity contribution < 1.29 is 4.89 Å². The number of aryl methyl sites for hydroxylation is 3. The SMILES string of the molecule is Cc1cc(C)c(C=[P+]([O-])c2cc(C(C)C)ccc2C(C)C)c(C)c1. The monoisotopic (exact) mass is 340 g/mol. The summed E-state index contributed by atoms with van der Waals surface area (Å²) in [4.78, 5) is 13.2. The zero-order valence-corrected chi connectivity index (χ0v) is 16.9. The quantitative estimate of drug-likeness (QED) is 0.711. The summed E-state index contributed by atoms with van der Waals surface area (Å²) in [6, 6.07) is 10.8. The Labute approximate surface area is 148 Å². The predicted octanol–water partition coefficient (Wildman–Crippen LogP) is 5.09. The van der Waals surface area contributed by atoms with E-state index in [9.17, 15) is 4.89 Å².